The molecule has 0 atom stereocenters. The molecular formula is C8H7BrN2. The molecule has 1 heterocycles. The van der Waals surface area contributed by atoms with Crippen LogP contribution >= 0.6 is 15.9 Å². The Morgan fingerprint density at radius 1 is 1.45 bits per heavy atom. The van der Waals surface area contributed by atoms with Crippen molar-refractivity contribution >= 4 is 22.1 Å². The molecule has 1 aliphatic heterocycles. The van der Waals surface area contributed by atoms with Crippen LogP contribution in [0, 0.1) is 0 Å². The van der Waals surface area contributed by atoms with E-state index in [1.165, 1.54) is 0 Å². The lowest BCUT2D eigenvalue weighted by atomic mass is 10.3. The maximum atomic E-state index is 4.27. The highest BCUT2D eigenvalue weighted by atomic mass is 79.9. The van der Waals surface area contributed by atoms with Gasteiger partial charge in [0.1, 0.15) is 6.67 Å². The molecule has 11 heavy (non-hydrogen) atoms. The van der Waals surface area contributed by atoms with Gasteiger partial charge in [0, 0.05) is 15.9 Å². The maximum absolute atomic E-state index is 4.27. The van der Waals surface area contributed by atoms with Gasteiger partial charge in [0.25, 0.3) is 0 Å². The van der Waals surface area contributed by atoms with Gasteiger partial charge in [0.15, 0.2) is 0 Å². The first kappa shape index (κ1) is 6.85. The third-order valence-electron chi connectivity index (χ3n) is 1.59. The van der Waals surface area contributed by atoms with Crippen LogP contribution in [0.15, 0.2) is 27.7 Å². The molecule has 0 bridgehead atoms. The van der Waals surface area contributed by atoms with Crippen LogP contribution in [0.4, 0.5) is 0 Å². The number of nitrogens with one attached hydrogen (secondary N) is 1. The Morgan fingerprint density at radius 2 is 2.36 bits per heavy atom. The Labute approximate surface area is 72.8 Å². The first-order chi connectivity index (χ1) is 5.36. The molecule has 56 valence electrons. The minimum absolute atomic E-state index is 0.689. The molecule has 2 rings (SSSR count). The van der Waals surface area contributed by atoms with Gasteiger partial charge in [-0.05, 0) is 18.2 Å². The monoisotopic (exact) mass is 210 g/mol. The normalized spacial score (nSPS) is 13.9. The number of nitrogens with zero attached hydrogens (tertiary/aromatic N) is 1. The lowest BCUT2D eigenvalue weighted by Gasteiger charge is -2.01. The van der Waals surface area contributed by atoms with Crippen molar-refractivity contribution in [3.63, 3.8) is 0 Å². The van der Waals surface area contributed by atoms with Crippen molar-refractivity contribution in [2.75, 3.05) is 6.67 Å². The Morgan fingerprint density at radius 3 is 3.27 bits per heavy atom. The van der Waals surface area contributed by atoms with E-state index in [9.17, 15) is 0 Å². The minimum Gasteiger partial charge on any atom is -0.372 e. The average Bonchev–Trinajstić information content (AvgIpc) is 2.04. The van der Waals surface area contributed by atoms with Gasteiger partial charge in [-0.2, -0.15) is 0 Å². The second kappa shape index (κ2) is 2.66. The third kappa shape index (κ3) is 1.28. The van der Waals surface area contributed by atoms with Crippen LogP contribution in [0.2, 0.25) is 0 Å². The van der Waals surface area contributed by atoms with E-state index in [-0.39, 0.29) is 0 Å². The third-order valence-corrected chi connectivity index (χ3v) is 2.08. The lowest BCUT2D eigenvalue weighted by molar-refractivity contribution is 0.867. The SMILES string of the molecule is Brc1ccc2c(c1)=CNCN=2. The summed E-state index contributed by atoms with van der Waals surface area (Å²) < 4.78 is 1.09. The van der Waals surface area contributed by atoms with Crippen molar-refractivity contribution in [2.45, 2.75) is 0 Å². The highest BCUT2D eigenvalue weighted by Crippen LogP contribution is 2.01. The molecule has 0 fully saturated rings. The number of hydrogen-bond donors (Lipinski definition) is 1. The van der Waals surface area contributed by atoms with E-state index in [1.54, 1.807) is 0 Å². The number of halogens is 1. The van der Waals surface area contributed by atoms with Crippen molar-refractivity contribution in [3.8, 4) is 0 Å². The minimum atomic E-state index is 0.689. The van der Waals surface area contributed by atoms with Gasteiger partial charge >= 0.3 is 0 Å². The van der Waals surface area contributed by atoms with Crippen molar-refractivity contribution in [2.24, 2.45) is 4.99 Å². The molecule has 0 aromatic heterocycles. The van der Waals surface area contributed by atoms with Crippen molar-refractivity contribution in [1.29, 1.82) is 0 Å². The van der Waals surface area contributed by atoms with E-state index in [2.05, 4.69) is 26.2 Å². The Balaban J connectivity index is 2.80. The number of fused-ring (bicyclic) bond motifs is 1. The summed E-state index contributed by atoms with van der Waals surface area (Å²) in [5.74, 6) is 0. The molecular weight excluding hydrogens is 204 g/mol. The molecule has 0 spiro atoms. The van der Waals surface area contributed by atoms with Crippen molar-refractivity contribution in [1.82, 2.24) is 5.32 Å². The number of rotatable bonds is 0. The Bertz CT molecular complexity index is 384. The van der Waals surface area contributed by atoms with Crippen LogP contribution in [0.5, 0.6) is 0 Å². The van der Waals surface area contributed by atoms with E-state index < -0.39 is 0 Å². The zero-order valence-corrected chi connectivity index (χ0v) is 7.43. The molecule has 0 amide bonds. The molecule has 1 N–H and O–H groups in total. The van der Waals surface area contributed by atoms with Crippen LogP contribution in [0.1, 0.15) is 0 Å². The van der Waals surface area contributed by atoms with Crippen LogP contribution in [-0.4, -0.2) is 6.67 Å². The van der Waals surface area contributed by atoms with E-state index in [1.807, 2.05) is 24.4 Å². The molecule has 0 radical (unpaired) electrons. The summed E-state index contributed by atoms with van der Waals surface area (Å²) >= 11 is 3.40. The first-order valence-electron chi connectivity index (χ1n) is 3.40. The summed E-state index contributed by atoms with van der Waals surface area (Å²) in [5.41, 5.74) is 0. The summed E-state index contributed by atoms with van der Waals surface area (Å²) in [6, 6.07) is 6.06. The molecule has 1 aromatic rings. The topological polar surface area (TPSA) is 24.4 Å². The Kier molecular flexibility index (Phi) is 1.66. The fraction of sp³-hybridized carbons (Fsp3) is 0.125. The van der Waals surface area contributed by atoms with Gasteiger partial charge in [-0.15, -0.1) is 0 Å². The highest BCUT2D eigenvalue weighted by Gasteiger charge is 1.92. The molecule has 1 aliphatic rings. The van der Waals surface area contributed by atoms with Crippen molar-refractivity contribution in [3.05, 3.63) is 33.2 Å². The fourth-order valence-electron chi connectivity index (χ4n) is 1.07. The second-order valence-electron chi connectivity index (χ2n) is 2.37. The summed E-state index contributed by atoms with van der Waals surface area (Å²) in [7, 11) is 0. The molecule has 3 heteroatoms. The molecule has 0 saturated heterocycles. The fourth-order valence-corrected chi connectivity index (χ4v) is 1.45. The van der Waals surface area contributed by atoms with Gasteiger partial charge in [-0.3, -0.25) is 4.99 Å². The molecule has 1 aromatic carbocycles. The van der Waals surface area contributed by atoms with Gasteiger partial charge in [0.2, 0.25) is 0 Å². The van der Waals surface area contributed by atoms with Crippen LogP contribution in [0.25, 0.3) is 6.20 Å². The smallest absolute Gasteiger partial charge is 0.108 e. The van der Waals surface area contributed by atoms with Crippen LogP contribution in [0.3, 0.4) is 0 Å². The summed E-state index contributed by atoms with van der Waals surface area (Å²) in [4.78, 5) is 4.27. The lowest BCUT2D eigenvalue weighted by Crippen LogP contribution is -2.33. The van der Waals surface area contributed by atoms with Gasteiger partial charge in [-0.25, -0.2) is 0 Å². The van der Waals surface area contributed by atoms with Crippen molar-refractivity contribution < 1.29 is 0 Å². The highest BCUT2D eigenvalue weighted by molar-refractivity contribution is 9.10. The molecule has 2 nitrogen and oxygen atoms in total. The quantitative estimate of drug-likeness (QED) is 0.658. The standard InChI is InChI=1S/C8H7BrN2/c9-7-1-2-8-6(3-7)4-10-5-11-8/h1-4,10H,5H2. The number of benzene rings is 1. The van der Waals surface area contributed by atoms with Gasteiger partial charge in [0.05, 0.1) is 5.36 Å². The molecule has 0 saturated carbocycles. The number of hydrogen-bond acceptors (Lipinski definition) is 2. The van der Waals surface area contributed by atoms with Gasteiger partial charge in [-0.1, -0.05) is 15.9 Å². The van der Waals surface area contributed by atoms with Crippen LogP contribution < -0.4 is 15.9 Å². The first-order valence-corrected chi connectivity index (χ1v) is 4.19. The largest absolute Gasteiger partial charge is 0.372 e. The van der Waals surface area contributed by atoms with Gasteiger partial charge < -0.3 is 5.32 Å². The van der Waals surface area contributed by atoms with Crippen LogP contribution in [-0.2, 0) is 0 Å². The van der Waals surface area contributed by atoms with E-state index in [4.69, 9.17) is 0 Å². The molecule has 0 unspecified atom stereocenters. The summed E-state index contributed by atoms with van der Waals surface area (Å²) in [6.07, 6.45) is 1.98. The Hall–Kier alpha value is -0.830. The summed E-state index contributed by atoms with van der Waals surface area (Å²) in [6.45, 7) is 0.689. The second-order valence-corrected chi connectivity index (χ2v) is 3.28. The predicted octanol–water partition coefficient (Wildman–Crippen LogP) is 0.367. The molecule has 0 aliphatic carbocycles. The average molecular weight is 211 g/mol. The zero-order valence-electron chi connectivity index (χ0n) is 5.84. The predicted molar refractivity (Wildman–Crippen MR) is 47.4 cm³/mol. The zero-order chi connectivity index (χ0) is 7.68. The van der Waals surface area contributed by atoms with E-state index in [0.717, 1.165) is 15.0 Å². The maximum Gasteiger partial charge on any atom is 0.108 e. The van der Waals surface area contributed by atoms with E-state index in [0.29, 0.717) is 6.67 Å². The summed E-state index contributed by atoms with van der Waals surface area (Å²) in [5, 5.41) is 5.26. The van der Waals surface area contributed by atoms with E-state index >= 15 is 0 Å².